The van der Waals surface area contributed by atoms with Crippen LogP contribution in [0, 0.1) is 0 Å². The fourth-order valence-electron chi connectivity index (χ4n) is 2.84. The number of fused-ring (bicyclic) bond motifs is 1. The molecule has 1 N–H and O–H groups in total. The topological polar surface area (TPSA) is 59.9 Å². The summed E-state index contributed by atoms with van der Waals surface area (Å²) in [4.78, 5) is 12.3. The summed E-state index contributed by atoms with van der Waals surface area (Å²) >= 11 is 1.85. The summed E-state index contributed by atoms with van der Waals surface area (Å²) in [6.07, 6.45) is 1.58. The summed E-state index contributed by atoms with van der Waals surface area (Å²) in [5.74, 6) is 3.02. The normalized spacial score (nSPS) is 12.3. The third-order valence-electron chi connectivity index (χ3n) is 4.37. The number of hydrogen-bond donors (Lipinski definition) is 1. The molecule has 0 radical (unpaired) electrons. The number of ether oxygens (including phenoxy) is 2. The smallest absolute Gasteiger partial charge is 0.271 e. The minimum absolute atomic E-state index is 0.230. The summed E-state index contributed by atoms with van der Waals surface area (Å²) in [5.41, 5.74) is 6.45. The first-order valence-electron chi connectivity index (χ1n) is 9.21. The highest BCUT2D eigenvalue weighted by Gasteiger charge is 2.12. The lowest BCUT2D eigenvalue weighted by Gasteiger charge is -2.04. The van der Waals surface area contributed by atoms with Crippen LogP contribution in [-0.4, -0.2) is 18.9 Å². The van der Waals surface area contributed by atoms with E-state index in [-0.39, 0.29) is 12.7 Å². The molecule has 0 fully saturated rings. The van der Waals surface area contributed by atoms with Crippen molar-refractivity contribution in [3.8, 4) is 11.5 Å². The van der Waals surface area contributed by atoms with Gasteiger partial charge in [0.15, 0.2) is 11.5 Å². The molecule has 3 aromatic carbocycles. The maximum Gasteiger partial charge on any atom is 0.271 e. The van der Waals surface area contributed by atoms with E-state index in [0.29, 0.717) is 17.1 Å². The Morgan fingerprint density at radius 2 is 1.66 bits per heavy atom. The van der Waals surface area contributed by atoms with E-state index >= 15 is 0 Å². The first kappa shape index (κ1) is 19.1. The van der Waals surface area contributed by atoms with Crippen molar-refractivity contribution in [2.45, 2.75) is 11.5 Å². The van der Waals surface area contributed by atoms with Crippen LogP contribution in [-0.2, 0) is 11.5 Å². The zero-order valence-corrected chi connectivity index (χ0v) is 16.5. The van der Waals surface area contributed by atoms with Gasteiger partial charge < -0.3 is 9.47 Å². The third kappa shape index (κ3) is 5.18. The van der Waals surface area contributed by atoms with Crippen LogP contribution in [0.4, 0.5) is 0 Å². The minimum Gasteiger partial charge on any atom is -0.454 e. The molecule has 0 spiro atoms. The Morgan fingerprint density at radius 1 is 0.931 bits per heavy atom. The Bertz CT molecular complexity index is 1000. The fraction of sp³-hybridized carbons (Fsp3) is 0.130. The number of benzene rings is 3. The molecule has 1 heterocycles. The van der Waals surface area contributed by atoms with Crippen molar-refractivity contribution in [2.75, 3.05) is 6.79 Å². The number of carbonyl (C=O) groups is 1. The fourth-order valence-corrected chi connectivity index (χ4v) is 3.80. The Morgan fingerprint density at radius 3 is 2.45 bits per heavy atom. The summed E-state index contributed by atoms with van der Waals surface area (Å²) in [5, 5.41) is 4.02. The third-order valence-corrected chi connectivity index (χ3v) is 5.45. The second kappa shape index (κ2) is 9.30. The summed E-state index contributed by atoms with van der Waals surface area (Å²) in [7, 11) is 0. The quantitative estimate of drug-likeness (QED) is 0.461. The van der Waals surface area contributed by atoms with E-state index in [1.54, 1.807) is 6.21 Å². The lowest BCUT2D eigenvalue weighted by atomic mass is 10.1. The molecule has 0 unspecified atom stereocenters. The van der Waals surface area contributed by atoms with Crippen molar-refractivity contribution in [3.05, 3.63) is 95.1 Å². The zero-order valence-electron chi connectivity index (χ0n) is 15.7. The SMILES string of the molecule is O=C(NN=Cc1ccc2c(c1)OCO2)c1ccc(CSCc2ccccc2)cc1. The van der Waals surface area contributed by atoms with E-state index in [0.717, 1.165) is 17.1 Å². The average molecular weight is 404 g/mol. The molecular formula is C23H20N2O3S. The van der Waals surface area contributed by atoms with Gasteiger partial charge in [0, 0.05) is 17.1 Å². The van der Waals surface area contributed by atoms with E-state index in [9.17, 15) is 4.79 Å². The van der Waals surface area contributed by atoms with Gasteiger partial charge in [0.1, 0.15) is 0 Å². The Hall–Kier alpha value is -3.25. The van der Waals surface area contributed by atoms with Crippen molar-refractivity contribution in [1.29, 1.82) is 0 Å². The van der Waals surface area contributed by atoms with Crippen LogP contribution in [0.2, 0.25) is 0 Å². The number of thioether (sulfide) groups is 1. The van der Waals surface area contributed by atoms with Crippen LogP contribution in [0.3, 0.4) is 0 Å². The highest BCUT2D eigenvalue weighted by atomic mass is 32.2. The average Bonchev–Trinajstić information content (AvgIpc) is 3.23. The minimum atomic E-state index is -0.245. The van der Waals surface area contributed by atoms with Crippen LogP contribution < -0.4 is 14.9 Å². The van der Waals surface area contributed by atoms with E-state index < -0.39 is 0 Å². The van der Waals surface area contributed by atoms with Gasteiger partial charge in [0.2, 0.25) is 6.79 Å². The maximum absolute atomic E-state index is 12.3. The molecule has 4 rings (SSSR count). The van der Waals surface area contributed by atoms with Crippen LogP contribution in [0.1, 0.15) is 27.0 Å². The molecule has 0 bridgehead atoms. The molecule has 0 aromatic heterocycles. The number of rotatable bonds is 7. The first-order valence-corrected chi connectivity index (χ1v) is 10.4. The number of carbonyl (C=O) groups excluding carboxylic acids is 1. The molecule has 0 saturated carbocycles. The monoisotopic (exact) mass is 404 g/mol. The van der Waals surface area contributed by atoms with E-state index in [4.69, 9.17) is 9.47 Å². The van der Waals surface area contributed by atoms with Crippen molar-refractivity contribution < 1.29 is 14.3 Å². The standard InChI is InChI=1S/C23H20N2O3S/c26-23(25-24-13-19-8-11-21-22(12-19)28-16-27-21)20-9-6-18(7-10-20)15-29-14-17-4-2-1-3-5-17/h1-13H,14-16H2,(H,25,26). The van der Waals surface area contributed by atoms with Crippen molar-refractivity contribution in [1.82, 2.24) is 5.43 Å². The van der Waals surface area contributed by atoms with Gasteiger partial charge in [0.25, 0.3) is 5.91 Å². The number of nitrogens with zero attached hydrogens (tertiary/aromatic N) is 1. The number of hydrogen-bond acceptors (Lipinski definition) is 5. The second-order valence-corrected chi connectivity index (χ2v) is 7.47. The molecule has 1 aliphatic heterocycles. The van der Waals surface area contributed by atoms with E-state index in [2.05, 4.69) is 34.8 Å². The van der Waals surface area contributed by atoms with Crippen molar-refractivity contribution in [3.63, 3.8) is 0 Å². The van der Waals surface area contributed by atoms with Crippen molar-refractivity contribution >= 4 is 23.9 Å². The molecule has 3 aromatic rings. The Balaban J connectivity index is 1.26. The van der Waals surface area contributed by atoms with Crippen LogP contribution >= 0.6 is 11.8 Å². The van der Waals surface area contributed by atoms with Gasteiger partial charge in [-0.25, -0.2) is 5.43 Å². The van der Waals surface area contributed by atoms with Gasteiger partial charge >= 0.3 is 0 Å². The number of nitrogens with one attached hydrogen (secondary N) is 1. The predicted molar refractivity (Wildman–Crippen MR) is 116 cm³/mol. The van der Waals surface area contributed by atoms with Gasteiger partial charge in [-0.05, 0) is 47.0 Å². The van der Waals surface area contributed by atoms with Gasteiger partial charge in [-0.2, -0.15) is 16.9 Å². The molecule has 1 amide bonds. The van der Waals surface area contributed by atoms with Crippen LogP contribution in [0.25, 0.3) is 0 Å². The van der Waals surface area contributed by atoms with E-state index in [1.165, 1.54) is 11.1 Å². The van der Waals surface area contributed by atoms with Gasteiger partial charge in [-0.15, -0.1) is 0 Å². The van der Waals surface area contributed by atoms with Crippen LogP contribution in [0.5, 0.6) is 11.5 Å². The molecule has 6 heteroatoms. The molecule has 0 atom stereocenters. The van der Waals surface area contributed by atoms with Gasteiger partial charge in [-0.3, -0.25) is 4.79 Å². The maximum atomic E-state index is 12.3. The predicted octanol–water partition coefficient (Wildman–Crippen LogP) is 4.61. The zero-order chi connectivity index (χ0) is 19.9. The van der Waals surface area contributed by atoms with Gasteiger partial charge in [0.05, 0.1) is 6.21 Å². The Labute approximate surface area is 173 Å². The lowest BCUT2D eigenvalue weighted by molar-refractivity contribution is 0.0955. The van der Waals surface area contributed by atoms with E-state index in [1.807, 2.05) is 60.3 Å². The summed E-state index contributed by atoms with van der Waals surface area (Å²) in [6.45, 7) is 0.230. The molecular weight excluding hydrogens is 384 g/mol. The number of hydrazone groups is 1. The second-order valence-electron chi connectivity index (χ2n) is 6.49. The molecule has 0 saturated heterocycles. The Kier molecular flexibility index (Phi) is 6.12. The molecule has 29 heavy (non-hydrogen) atoms. The first-order chi connectivity index (χ1) is 14.3. The summed E-state index contributed by atoms with van der Waals surface area (Å²) in [6, 6.07) is 23.5. The number of amides is 1. The highest BCUT2D eigenvalue weighted by molar-refractivity contribution is 7.97. The highest BCUT2D eigenvalue weighted by Crippen LogP contribution is 2.31. The molecule has 146 valence electrons. The van der Waals surface area contributed by atoms with Crippen molar-refractivity contribution in [2.24, 2.45) is 5.10 Å². The summed E-state index contributed by atoms with van der Waals surface area (Å²) < 4.78 is 10.6. The lowest BCUT2D eigenvalue weighted by Crippen LogP contribution is -2.17. The largest absolute Gasteiger partial charge is 0.454 e. The molecule has 0 aliphatic carbocycles. The van der Waals surface area contributed by atoms with Gasteiger partial charge in [-0.1, -0.05) is 42.5 Å². The molecule has 5 nitrogen and oxygen atoms in total. The van der Waals surface area contributed by atoms with Crippen LogP contribution in [0.15, 0.2) is 77.9 Å². The molecule has 1 aliphatic rings.